The second-order valence-corrected chi connectivity index (χ2v) is 1.95. The molecule has 1 aliphatic rings. The summed E-state index contributed by atoms with van der Waals surface area (Å²) in [7, 11) is 1.78. The highest BCUT2D eigenvalue weighted by Gasteiger charge is 2.27. The lowest BCUT2D eigenvalue weighted by atomic mass is 10.4. The average Bonchev–Trinajstić information content (AvgIpc) is 1.86. The highest BCUT2D eigenvalue weighted by Crippen LogP contribution is 2.08. The largest absolute Gasteiger partial charge is 0.292 e. The predicted octanol–water partition coefficient (Wildman–Crippen LogP) is -0.564. The van der Waals surface area contributed by atoms with Gasteiger partial charge in [-0.1, -0.05) is 5.22 Å². The standard InChI is InChI=1S/C3H9N5/c1-3(4)5-6-7-8(3)2/h4H2,1-2H3,(H,5,7). The van der Waals surface area contributed by atoms with E-state index < -0.39 is 5.79 Å². The van der Waals surface area contributed by atoms with E-state index in [1.807, 2.05) is 0 Å². The molecule has 1 atom stereocenters. The summed E-state index contributed by atoms with van der Waals surface area (Å²) in [4.78, 5) is 0. The molecule has 0 radical (unpaired) electrons. The van der Waals surface area contributed by atoms with E-state index in [9.17, 15) is 0 Å². The molecule has 1 rings (SSSR count). The molecular weight excluding hydrogens is 106 g/mol. The molecular formula is C3H9N5. The lowest BCUT2D eigenvalue weighted by Crippen LogP contribution is -2.50. The predicted molar refractivity (Wildman–Crippen MR) is 28.3 cm³/mol. The zero-order valence-corrected chi connectivity index (χ0v) is 4.92. The first kappa shape index (κ1) is 5.46. The van der Waals surface area contributed by atoms with Crippen molar-refractivity contribution in [3.8, 4) is 0 Å². The van der Waals surface area contributed by atoms with Crippen LogP contribution in [0.15, 0.2) is 10.3 Å². The van der Waals surface area contributed by atoms with E-state index in [1.165, 1.54) is 0 Å². The van der Waals surface area contributed by atoms with Crippen LogP contribution in [0.3, 0.4) is 0 Å². The molecule has 0 aromatic heterocycles. The van der Waals surface area contributed by atoms with Crippen molar-refractivity contribution in [2.45, 2.75) is 12.7 Å². The van der Waals surface area contributed by atoms with Crippen molar-refractivity contribution >= 4 is 0 Å². The van der Waals surface area contributed by atoms with Crippen LogP contribution >= 0.6 is 0 Å². The van der Waals surface area contributed by atoms with E-state index in [4.69, 9.17) is 5.73 Å². The highest BCUT2D eigenvalue weighted by atomic mass is 15.8. The molecule has 5 nitrogen and oxygen atoms in total. The zero-order chi connectivity index (χ0) is 6.20. The van der Waals surface area contributed by atoms with Crippen molar-refractivity contribution in [1.82, 2.24) is 10.5 Å². The van der Waals surface area contributed by atoms with E-state index in [0.29, 0.717) is 0 Å². The number of hydrazine groups is 1. The Labute approximate surface area is 47.5 Å². The maximum Gasteiger partial charge on any atom is 0.201 e. The Morgan fingerprint density at radius 3 is 2.50 bits per heavy atom. The normalized spacial score (nSPS) is 37.9. The van der Waals surface area contributed by atoms with Gasteiger partial charge in [0.25, 0.3) is 0 Å². The van der Waals surface area contributed by atoms with Crippen LogP contribution < -0.4 is 11.3 Å². The van der Waals surface area contributed by atoms with Crippen molar-refractivity contribution in [2.75, 3.05) is 7.05 Å². The van der Waals surface area contributed by atoms with Crippen molar-refractivity contribution in [3.05, 3.63) is 0 Å². The molecule has 0 saturated heterocycles. The second-order valence-electron chi connectivity index (χ2n) is 1.95. The van der Waals surface area contributed by atoms with Gasteiger partial charge >= 0.3 is 0 Å². The summed E-state index contributed by atoms with van der Waals surface area (Å²) >= 11 is 0. The Balaban J connectivity index is 2.67. The van der Waals surface area contributed by atoms with Gasteiger partial charge in [0.2, 0.25) is 5.79 Å². The Bertz CT molecular complexity index is 117. The van der Waals surface area contributed by atoms with Gasteiger partial charge in [-0.05, 0) is 6.92 Å². The molecule has 0 bridgehead atoms. The third kappa shape index (κ3) is 0.654. The molecule has 5 heteroatoms. The second kappa shape index (κ2) is 1.40. The fraction of sp³-hybridized carbons (Fsp3) is 1.00. The van der Waals surface area contributed by atoms with Crippen LogP contribution in [0.5, 0.6) is 0 Å². The summed E-state index contributed by atoms with van der Waals surface area (Å²) in [5, 5.41) is 8.78. The monoisotopic (exact) mass is 115 g/mol. The van der Waals surface area contributed by atoms with Crippen LogP contribution in [-0.2, 0) is 0 Å². The smallest absolute Gasteiger partial charge is 0.201 e. The third-order valence-corrected chi connectivity index (χ3v) is 1.13. The minimum atomic E-state index is -0.667. The maximum absolute atomic E-state index is 5.52. The fourth-order valence-corrected chi connectivity index (χ4v) is 0.359. The van der Waals surface area contributed by atoms with E-state index in [-0.39, 0.29) is 0 Å². The number of nitrogens with zero attached hydrogens (tertiary/aromatic N) is 3. The molecule has 0 aromatic carbocycles. The molecule has 1 unspecified atom stereocenters. The number of rotatable bonds is 0. The van der Waals surface area contributed by atoms with Gasteiger partial charge in [0.15, 0.2) is 0 Å². The van der Waals surface area contributed by atoms with E-state index in [1.54, 1.807) is 19.0 Å². The minimum Gasteiger partial charge on any atom is -0.292 e. The first-order valence-electron chi connectivity index (χ1n) is 2.33. The SMILES string of the molecule is CN1NN=NC1(C)N. The van der Waals surface area contributed by atoms with Crippen LogP contribution in [-0.4, -0.2) is 17.8 Å². The highest BCUT2D eigenvalue weighted by molar-refractivity contribution is 4.71. The molecule has 0 saturated carbocycles. The van der Waals surface area contributed by atoms with Gasteiger partial charge in [0, 0.05) is 7.05 Å². The van der Waals surface area contributed by atoms with Gasteiger partial charge < -0.3 is 0 Å². The van der Waals surface area contributed by atoms with Crippen LogP contribution in [0.1, 0.15) is 6.92 Å². The molecule has 8 heavy (non-hydrogen) atoms. The maximum atomic E-state index is 5.52. The van der Waals surface area contributed by atoms with Gasteiger partial charge in [0.1, 0.15) is 0 Å². The molecule has 0 aliphatic carbocycles. The lowest BCUT2D eigenvalue weighted by molar-refractivity contribution is 0.137. The summed E-state index contributed by atoms with van der Waals surface area (Å²) in [6, 6.07) is 0. The van der Waals surface area contributed by atoms with Gasteiger partial charge in [-0.2, -0.15) is 5.01 Å². The summed E-state index contributed by atoms with van der Waals surface area (Å²) < 4.78 is 0. The fourth-order valence-electron chi connectivity index (χ4n) is 0.359. The van der Waals surface area contributed by atoms with Crippen LogP contribution in [0.2, 0.25) is 0 Å². The zero-order valence-electron chi connectivity index (χ0n) is 4.92. The molecule has 0 amide bonds. The average molecular weight is 115 g/mol. The van der Waals surface area contributed by atoms with Gasteiger partial charge in [-0.15, -0.1) is 5.11 Å². The van der Waals surface area contributed by atoms with Crippen molar-refractivity contribution in [2.24, 2.45) is 16.1 Å². The topological polar surface area (TPSA) is 66.0 Å². The number of hydrogen-bond donors (Lipinski definition) is 2. The van der Waals surface area contributed by atoms with Crippen molar-refractivity contribution in [3.63, 3.8) is 0 Å². The lowest BCUT2D eigenvalue weighted by Gasteiger charge is -2.20. The first-order chi connectivity index (χ1) is 3.63. The quantitative estimate of drug-likeness (QED) is 0.444. The number of nitrogens with two attached hydrogens (primary N) is 1. The third-order valence-electron chi connectivity index (χ3n) is 1.13. The van der Waals surface area contributed by atoms with Crippen LogP contribution in [0.25, 0.3) is 0 Å². The molecule has 3 N–H and O–H groups in total. The Kier molecular flexibility index (Phi) is 0.952. The van der Waals surface area contributed by atoms with Crippen molar-refractivity contribution < 1.29 is 0 Å². The van der Waals surface area contributed by atoms with E-state index >= 15 is 0 Å². The molecule has 0 aromatic rings. The summed E-state index contributed by atoms with van der Waals surface area (Å²) in [5.41, 5.74) is 8.10. The van der Waals surface area contributed by atoms with Crippen molar-refractivity contribution in [1.29, 1.82) is 0 Å². The van der Waals surface area contributed by atoms with Gasteiger partial charge in [-0.3, -0.25) is 5.73 Å². The molecule has 46 valence electrons. The summed E-state index contributed by atoms with van der Waals surface area (Å²) in [6.07, 6.45) is 0. The molecule has 0 spiro atoms. The Morgan fingerprint density at radius 1 is 1.75 bits per heavy atom. The van der Waals surface area contributed by atoms with E-state index in [0.717, 1.165) is 0 Å². The van der Waals surface area contributed by atoms with Gasteiger partial charge in [-0.25, -0.2) is 5.53 Å². The minimum absolute atomic E-state index is 0.667. The number of nitrogens with one attached hydrogen (secondary N) is 1. The van der Waals surface area contributed by atoms with E-state index in [2.05, 4.69) is 15.9 Å². The summed E-state index contributed by atoms with van der Waals surface area (Å²) in [5.74, 6) is -0.667. The molecule has 1 aliphatic heterocycles. The van der Waals surface area contributed by atoms with Gasteiger partial charge in [0.05, 0.1) is 0 Å². The Hall–Kier alpha value is -0.680. The number of hydrogen-bond acceptors (Lipinski definition) is 5. The van der Waals surface area contributed by atoms with Crippen LogP contribution in [0.4, 0.5) is 0 Å². The Morgan fingerprint density at radius 2 is 2.38 bits per heavy atom. The summed E-state index contributed by atoms with van der Waals surface area (Å²) in [6.45, 7) is 1.76. The first-order valence-corrected chi connectivity index (χ1v) is 2.33. The molecule has 1 heterocycles. The van der Waals surface area contributed by atoms with Crippen LogP contribution in [0, 0.1) is 0 Å². The molecule has 0 fully saturated rings.